The second-order valence-corrected chi connectivity index (χ2v) is 8.81. The Labute approximate surface area is 187 Å². The molecule has 32 heavy (non-hydrogen) atoms. The molecular weight excluding hydrogens is 426 g/mol. The second-order valence-electron chi connectivity index (χ2n) is 7.96. The topological polar surface area (TPSA) is 98.9 Å². The smallest absolute Gasteiger partial charge is 0.296 e. The van der Waals surface area contributed by atoms with Crippen LogP contribution in [0.2, 0.25) is 0 Å². The number of carbonyl (C=O) groups is 1. The van der Waals surface area contributed by atoms with Gasteiger partial charge in [0.15, 0.2) is 5.13 Å². The molecule has 4 aromatic rings. The Balaban J connectivity index is 1.41. The maximum atomic E-state index is 12.8. The highest BCUT2D eigenvalue weighted by atomic mass is 32.1. The number of rotatable bonds is 3. The average molecular weight is 448 g/mol. The van der Waals surface area contributed by atoms with Gasteiger partial charge in [0.1, 0.15) is 11.3 Å². The molecule has 0 aliphatic heterocycles. The van der Waals surface area contributed by atoms with Crippen LogP contribution >= 0.6 is 11.3 Å². The van der Waals surface area contributed by atoms with Gasteiger partial charge in [-0.25, -0.2) is 14.8 Å². The highest BCUT2D eigenvalue weighted by molar-refractivity contribution is 7.14. The first-order chi connectivity index (χ1) is 15.4. The van der Waals surface area contributed by atoms with E-state index >= 15 is 0 Å². The van der Waals surface area contributed by atoms with Crippen LogP contribution in [0.15, 0.2) is 45.3 Å². The van der Waals surface area contributed by atoms with E-state index in [9.17, 15) is 14.4 Å². The summed E-state index contributed by atoms with van der Waals surface area (Å²) < 4.78 is 2.27. The molecule has 1 amide bonds. The molecule has 3 heterocycles. The molecule has 1 aliphatic carbocycles. The third kappa shape index (κ3) is 3.44. The molecule has 0 radical (unpaired) electrons. The number of nitrogens with zero attached hydrogens (tertiary/aromatic N) is 4. The Hall–Kier alpha value is -3.59. The van der Waals surface area contributed by atoms with Crippen molar-refractivity contribution in [1.29, 1.82) is 0 Å². The number of pyridine rings is 1. The first-order valence-corrected chi connectivity index (χ1v) is 11.3. The third-order valence-electron chi connectivity index (χ3n) is 5.90. The number of hydrogen-bond donors (Lipinski definition) is 1. The van der Waals surface area contributed by atoms with Crippen molar-refractivity contribution in [3.63, 3.8) is 0 Å². The van der Waals surface area contributed by atoms with Gasteiger partial charge in [0, 0.05) is 25.0 Å². The van der Waals surface area contributed by atoms with E-state index in [2.05, 4.69) is 33.5 Å². The van der Waals surface area contributed by atoms with Crippen LogP contribution in [-0.4, -0.2) is 25.0 Å². The van der Waals surface area contributed by atoms with Crippen LogP contribution in [0.4, 0.5) is 5.13 Å². The summed E-state index contributed by atoms with van der Waals surface area (Å²) in [6.45, 7) is 0. The van der Waals surface area contributed by atoms with Crippen LogP contribution in [0, 0.1) is 0 Å². The molecule has 0 unspecified atom stereocenters. The lowest BCUT2D eigenvalue weighted by atomic mass is 9.90. The van der Waals surface area contributed by atoms with E-state index in [0.29, 0.717) is 5.13 Å². The van der Waals surface area contributed by atoms with Crippen LogP contribution in [0.1, 0.15) is 34.5 Å². The zero-order valence-corrected chi connectivity index (χ0v) is 18.5. The Morgan fingerprint density at radius 2 is 1.78 bits per heavy atom. The van der Waals surface area contributed by atoms with E-state index < -0.39 is 17.2 Å². The molecule has 0 saturated carbocycles. The average Bonchev–Trinajstić information content (AvgIpc) is 3.29. The molecule has 0 fully saturated rings. The number of aromatic nitrogens is 4. The number of nitrogens with one attached hydrogen (secondary N) is 1. The lowest BCUT2D eigenvalue weighted by Crippen LogP contribution is -2.37. The van der Waals surface area contributed by atoms with Gasteiger partial charge in [0.2, 0.25) is 0 Å². The van der Waals surface area contributed by atoms with Crippen molar-refractivity contribution < 1.29 is 4.79 Å². The summed E-state index contributed by atoms with van der Waals surface area (Å²) in [4.78, 5) is 46.1. The Morgan fingerprint density at radius 3 is 2.59 bits per heavy atom. The number of thiazole rings is 1. The Bertz CT molecular complexity index is 1500. The monoisotopic (exact) mass is 447 g/mol. The normalized spacial score (nSPS) is 13.2. The van der Waals surface area contributed by atoms with Crippen LogP contribution < -0.4 is 16.6 Å². The fourth-order valence-electron chi connectivity index (χ4n) is 4.10. The maximum Gasteiger partial charge on any atom is 0.332 e. The van der Waals surface area contributed by atoms with Gasteiger partial charge in [0.05, 0.1) is 11.1 Å². The van der Waals surface area contributed by atoms with Crippen molar-refractivity contribution in [2.24, 2.45) is 14.1 Å². The summed E-state index contributed by atoms with van der Waals surface area (Å²) in [7, 11) is 2.93. The van der Waals surface area contributed by atoms with Crippen molar-refractivity contribution in [3.8, 4) is 11.3 Å². The Kier molecular flexibility index (Phi) is 4.97. The van der Waals surface area contributed by atoms with E-state index in [-0.39, 0.29) is 16.7 Å². The molecule has 0 saturated heterocycles. The van der Waals surface area contributed by atoms with E-state index in [0.717, 1.165) is 28.7 Å². The van der Waals surface area contributed by atoms with Gasteiger partial charge < -0.3 is 0 Å². The van der Waals surface area contributed by atoms with Crippen LogP contribution in [0.25, 0.3) is 22.3 Å². The minimum absolute atomic E-state index is 0.103. The predicted molar refractivity (Wildman–Crippen MR) is 124 cm³/mol. The lowest BCUT2D eigenvalue weighted by Gasteiger charge is -2.16. The fraction of sp³-hybridized carbons (Fsp3) is 0.261. The number of hydrogen-bond acceptors (Lipinski definition) is 6. The second kappa shape index (κ2) is 7.83. The number of fused-ring (bicyclic) bond motifs is 2. The number of aryl methyl sites for hydroxylation is 3. The largest absolute Gasteiger partial charge is 0.332 e. The van der Waals surface area contributed by atoms with Gasteiger partial charge >= 0.3 is 5.69 Å². The molecule has 0 atom stereocenters. The van der Waals surface area contributed by atoms with Crippen molar-refractivity contribution in [2.45, 2.75) is 25.7 Å². The molecule has 0 spiro atoms. The van der Waals surface area contributed by atoms with Gasteiger partial charge in [-0.05, 0) is 55.0 Å². The molecule has 9 heteroatoms. The SMILES string of the molecule is Cn1c(=O)c2ccc(C(=O)Nc3nc(-c4ccc5c(c4)CCCC5)cs3)nc2n(C)c1=O. The molecule has 5 rings (SSSR count). The summed E-state index contributed by atoms with van der Waals surface area (Å²) >= 11 is 1.34. The molecule has 1 aliphatic rings. The van der Waals surface area contributed by atoms with Crippen LogP contribution in [0.3, 0.4) is 0 Å². The quantitative estimate of drug-likeness (QED) is 0.521. The van der Waals surface area contributed by atoms with Crippen molar-refractivity contribution in [2.75, 3.05) is 5.32 Å². The van der Waals surface area contributed by atoms with Crippen LogP contribution in [0.5, 0.6) is 0 Å². The molecule has 1 N–H and O–H groups in total. The summed E-state index contributed by atoms with van der Waals surface area (Å²) in [5, 5.41) is 5.42. The summed E-state index contributed by atoms with van der Waals surface area (Å²) in [5.41, 5.74) is 3.97. The zero-order chi connectivity index (χ0) is 22.4. The first-order valence-electron chi connectivity index (χ1n) is 10.4. The van der Waals surface area contributed by atoms with E-state index in [4.69, 9.17) is 0 Å². The minimum Gasteiger partial charge on any atom is -0.296 e. The van der Waals surface area contributed by atoms with E-state index in [1.807, 2.05) is 5.38 Å². The minimum atomic E-state index is -0.498. The number of carbonyl (C=O) groups excluding carboxylic acids is 1. The van der Waals surface area contributed by atoms with Gasteiger partial charge in [-0.3, -0.25) is 24.0 Å². The summed E-state index contributed by atoms with van der Waals surface area (Å²) in [5.74, 6) is -0.452. The first kappa shape index (κ1) is 20.3. The van der Waals surface area contributed by atoms with Crippen molar-refractivity contribution in [1.82, 2.24) is 19.1 Å². The highest BCUT2D eigenvalue weighted by Gasteiger charge is 2.16. The van der Waals surface area contributed by atoms with Crippen molar-refractivity contribution in [3.05, 3.63) is 73.4 Å². The summed E-state index contributed by atoms with van der Waals surface area (Å²) in [6.07, 6.45) is 4.68. The molecule has 0 bridgehead atoms. The summed E-state index contributed by atoms with van der Waals surface area (Å²) in [6, 6.07) is 9.44. The van der Waals surface area contributed by atoms with Gasteiger partial charge in [-0.15, -0.1) is 11.3 Å². The molecule has 162 valence electrons. The number of amides is 1. The van der Waals surface area contributed by atoms with Crippen molar-refractivity contribution >= 4 is 33.4 Å². The molecular formula is C23H21N5O3S. The predicted octanol–water partition coefficient (Wildman–Crippen LogP) is 2.89. The van der Waals surface area contributed by atoms with Gasteiger partial charge in [-0.2, -0.15) is 0 Å². The van der Waals surface area contributed by atoms with E-state index in [1.54, 1.807) is 0 Å². The van der Waals surface area contributed by atoms with Gasteiger partial charge in [-0.1, -0.05) is 12.1 Å². The zero-order valence-electron chi connectivity index (χ0n) is 17.7. The maximum absolute atomic E-state index is 12.8. The lowest BCUT2D eigenvalue weighted by molar-refractivity contribution is 0.102. The van der Waals surface area contributed by atoms with Crippen LogP contribution in [-0.2, 0) is 26.9 Å². The molecule has 8 nitrogen and oxygen atoms in total. The van der Waals surface area contributed by atoms with Gasteiger partial charge in [0.25, 0.3) is 11.5 Å². The Morgan fingerprint density at radius 1 is 1.00 bits per heavy atom. The standard InChI is InChI=1S/C23H21N5O3S/c1-27-19-16(21(30)28(2)23(27)31)9-10-17(24-19)20(29)26-22-25-18(12-32-22)15-8-7-13-5-3-4-6-14(13)11-15/h7-12H,3-6H2,1-2H3,(H,25,26,29). The number of benzene rings is 1. The number of anilines is 1. The third-order valence-corrected chi connectivity index (χ3v) is 6.66. The molecule has 1 aromatic carbocycles. The molecule has 3 aromatic heterocycles. The van der Waals surface area contributed by atoms with E-state index in [1.165, 1.54) is 66.1 Å². The fourth-order valence-corrected chi connectivity index (χ4v) is 4.81. The highest BCUT2D eigenvalue weighted by Crippen LogP contribution is 2.29.